The smallest absolute Gasteiger partial charge is 0.173 e. The summed E-state index contributed by atoms with van der Waals surface area (Å²) in [5, 5.41) is 4.23. The minimum absolute atomic E-state index is 0.789. The van der Waals surface area contributed by atoms with Crippen molar-refractivity contribution >= 4 is 33.0 Å². The molecule has 0 saturated heterocycles. The van der Waals surface area contributed by atoms with Gasteiger partial charge in [-0.15, -0.1) is 11.3 Å². The fourth-order valence-corrected chi connectivity index (χ4v) is 2.23. The lowest BCUT2D eigenvalue weighted by Crippen LogP contribution is -1.97. The van der Waals surface area contributed by atoms with Crippen LogP contribution in [0, 0.1) is 0 Å². The molecular formula is C11H11BrN2OS. The number of hydrogen-bond acceptors (Lipinski definition) is 4. The SMILES string of the molecule is COc1ccc(CNc2ccc(Br)nc2)s1. The molecule has 16 heavy (non-hydrogen) atoms. The van der Waals surface area contributed by atoms with Crippen LogP contribution in [0.1, 0.15) is 4.88 Å². The predicted octanol–water partition coefficient (Wildman–Crippen LogP) is 3.53. The van der Waals surface area contributed by atoms with E-state index in [-0.39, 0.29) is 0 Å². The highest BCUT2D eigenvalue weighted by Gasteiger charge is 1.99. The number of hydrogen-bond donors (Lipinski definition) is 1. The Labute approximate surface area is 107 Å². The maximum atomic E-state index is 5.13. The molecule has 0 radical (unpaired) electrons. The van der Waals surface area contributed by atoms with Crippen molar-refractivity contribution in [3.63, 3.8) is 0 Å². The molecule has 0 fully saturated rings. The molecule has 0 saturated carbocycles. The van der Waals surface area contributed by atoms with Crippen molar-refractivity contribution in [1.82, 2.24) is 4.98 Å². The van der Waals surface area contributed by atoms with E-state index >= 15 is 0 Å². The summed E-state index contributed by atoms with van der Waals surface area (Å²) in [6, 6.07) is 7.93. The highest BCUT2D eigenvalue weighted by atomic mass is 79.9. The van der Waals surface area contributed by atoms with Crippen LogP contribution in [0.2, 0.25) is 0 Å². The van der Waals surface area contributed by atoms with Crippen LogP contribution in [0.15, 0.2) is 35.1 Å². The normalized spacial score (nSPS) is 10.1. The van der Waals surface area contributed by atoms with Crippen LogP contribution in [-0.4, -0.2) is 12.1 Å². The van der Waals surface area contributed by atoms with E-state index in [2.05, 4.69) is 32.3 Å². The molecule has 3 nitrogen and oxygen atoms in total. The summed E-state index contributed by atoms with van der Waals surface area (Å²) in [5.74, 6) is 0. The van der Waals surface area contributed by atoms with Crippen molar-refractivity contribution in [1.29, 1.82) is 0 Å². The second-order valence-corrected chi connectivity index (χ2v) is 5.09. The Morgan fingerprint density at radius 3 is 2.88 bits per heavy atom. The largest absolute Gasteiger partial charge is 0.487 e. The Morgan fingerprint density at radius 1 is 1.38 bits per heavy atom. The number of nitrogens with zero attached hydrogens (tertiary/aromatic N) is 1. The van der Waals surface area contributed by atoms with Gasteiger partial charge in [-0.05, 0) is 40.2 Å². The second-order valence-electron chi connectivity index (χ2n) is 3.15. The molecule has 0 spiro atoms. The average Bonchev–Trinajstić information content (AvgIpc) is 2.76. The lowest BCUT2D eigenvalue weighted by molar-refractivity contribution is 0.427. The molecule has 2 heterocycles. The lowest BCUT2D eigenvalue weighted by atomic mass is 10.4. The molecule has 0 aromatic carbocycles. The summed E-state index contributed by atoms with van der Waals surface area (Å²) in [6.45, 7) is 0.789. The third-order valence-corrected chi connectivity index (χ3v) is 3.55. The quantitative estimate of drug-likeness (QED) is 0.877. The Morgan fingerprint density at radius 2 is 2.25 bits per heavy atom. The maximum absolute atomic E-state index is 5.13. The fourth-order valence-electron chi connectivity index (χ4n) is 1.23. The van der Waals surface area contributed by atoms with Gasteiger partial charge in [0.15, 0.2) is 5.06 Å². The molecule has 0 atom stereocenters. The van der Waals surface area contributed by atoms with Crippen LogP contribution < -0.4 is 10.1 Å². The van der Waals surface area contributed by atoms with E-state index in [1.807, 2.05) is 18.2 Å². The molecule has 5 heteroatoms. The van der Waals surface area contributed by atoms with Crippen LogP contribution in [0.25, 0.3) is 0 Å². The minimum Gasteiger partial charge on any atom is -0.487 e. The molecule has 0 aliphatic carbocycles. The van der Waals surface area contributed by atoms with Crippen LogP contribution in [0.5, 0.6) is 5.06 Å². The van der Waals surface area contributed by atoms with Gasteiger partial charge in [0.2, 0.25) is 0 Å². The topological polar surface area (TPSA) is 34.1 Å². The summed E-state index contributed by atoms with van der Waals surface area (Å²) >= 11 is 4.94. The molecule has 1 N–H and O–H groups in total. The van der Waals surface area contributed by atoms with Gasteiger partial charge < -0.3 is 10.1 Å². The number of thiophene rings is 1. The van der Waals surface area contributed by atoms with Gasteiger partial charge in [0, 0.05) is 11.4 Å². The highest BCUT2D eigenvalue weighted by Crippen LogP contribution is 2.24. The number of methoxy groups -OCH3 is 1. The number of nitrogens with one attached hydrogen (secondary N) is 1. The van der Waals surface area contributed by atoms with Gasteiger partial charge in [-0.3, -0.25) is 0 Å². The van der Waals surface area contributed by atoms with Crippen LogP contribution in [0.4, 0.5) is 5.69 Å². The number of halogens is 1. The zero-order valence-corrected chi connectivity index (χ0v) is 11.1. The molecular weight excluding hydrogens is 288 g/mol. The summed E-state index contributed by atoms with van der Waals surface area (Å²) in [7, 11) is 1.68. The van der Waals surface area contributed by atoms with E-state index in [1.165, 1.54) is 4.88 Å². The van der Waals surface area contributed by atoms with E-state index < -0.39 is 0 Å². The van der Waals surface area contributed by atoms with Crippen molar-refractivity contribution < 1.29 is 4.74 Å². The Hall–Kier alpha value is -1.07. The van der Waals surface area contributed by atoms with E-state index in [1.54, 1.807) is 24.6 Å². The number of ether oxygens (including phenoxy) is 1. The monoisotopic (exact) mass is 298 g/mol. The highest BCUT2D eigenvalue weighted by molar-refractivity contribution is 9.10. The molecule has 2 rings (SSSR count). The van der Waals surface area contributed by atoms with E-state index in [4.69, 9.17) is 4.74 Å². The molecule has 0 bridgehead atoms. The first kappa shape index (κ1) is 11.4. The first-order valence-corrected chi connectivity index (χ1v) is 6.37. The third-order valence-electron chi connectivity index (χ3n) is 2.03. The van der Waals surface area contributed by atoms with Crippen molar-refractivity contribution in [2.45, 2.75) is 6.54 Å². The van der Waals surface area contributed by atoms with Crippen LogP contribution in [0.3, 0.4) is 0 Å². The second kappa shape index (κ2) is 5.32. The third kappa shape index (κ3) is 2.96. The summed E-state index contributed by atoms with van der Waals surface area (Å²) < 4.78 is 5.98. The van der Waals surface area contributed by atoms with Gasteiger partial charge in [0.25, 0.3) is 0 Å². The number of rotatable bonds is 4. The van der Waals surface area contributed by atoms with Crippen molar-refractivity contribution in [3.05, 3.63) is 39.9 Å². The molecule has 0 amide bonds. The maximum Gasteiger partial charge on any atom is 0.173 e. The summed E-state index contributed by atoms with van der Waals surface area (Å²) in [5.41, 5.74) is 1.01. The van der Waals surface area contributed by atoms with Crippen molar-refractivity contribution in [3.8, 4) is 5.06 Å². The van der Waals surface area contributed by atoms with E-state index in [0.29, 0.717) is 0 Å². The van der Waals surface area contributed by atoms with Gasteiger partial charge in [0.1, 0.15) is 4.60 Å². The molecule has 2 aromatic rings. The summed E-state index contributed by atoms with van der Waals surface area (Å²) in [4.78, 5) is 5.38. The van der Waals surface area contributed by atoms with Gasteiger partial charge in [0.05, 0.1) is 19.0 Å². The predicted molar refractivity (Wildman–Crippen MR) is 70.1 cm³/mol. The van der Waals surface area contributed by atoms with Crippen LogP contribution >= 0.6 is 27.3 Å². The Bertz CT molecular complexity index is 455. The molecule has 0 unspecified atom stereocenters. The first-order valence-electron chi connectivity index (χ1n) is 4.76. The van der Waals surface area contributed by atoms with Gasteiger partial charge >= 0.3 is 0 Å². The van der Waals surface area contributed by atoms with Crippen molar-refractivity contribution in [2.75, 3.05) is 12.4 Å². The first-order chi connectivity index (χ1) is 7.78. The molecule has 84 valence electrons. The zero-order valence-electron chi connectivity index (χ0n) is 8.74. The average molecular weight is 299 g/mol. The Kier molecular flexibility index (Phi) is 3.79. The van der Waals surface area contributed by atoms with Gasteiger partial charge in [-0.1, -0.05) is 0 Å². The Balaban J connectivity index is 1.94. The van der Waals surface area contributed by atoms with Crippen LogP contribution in [-0.2, 0) is 6.54 Å². The molecule has 2 aromatic heterocycles. The fraction of sp³-hybridized carbons (Fsp3) is 0.182. The lowest BCUT2D eigenvalue weighted by Gasteiger charge is -2.03. The van der Waals surface area contributed by atoms with Gasteiger partial charge in [-0.25, -0.2) is 4.98 Å². The van der Waals surface area contributed by atoms with Gasteiger partial charge in [-0.2, -0.15) is 0 Å². The number of pyridine rings is 1. The molecule has 0 aliphatic rings. The number of anilines is 1. The van der Waals surface area contributed by atoms with E-state index in [0.717, 1.165) is 21.9 Å². The van der Waals surface area contributed by atoms with Crippen molar-refractivity contribution in [2.24, 2.45) is 0 Å². The molecule has 0 aliphatic heterocycles. The zero-order chi connectivity index (χ0) is 11.4. The summed E-state index contributed by atoms with van der Waals surface area (Å²) in [6.07, 6.45) is 1.80. The standard InChI is InChI=1S/C11H11BrN2OS/c1-15-11-5-3-9(16-11)7-13-8-2-4-10(12)14-6-8/h2-6,13H,7H2,1H3. The van der Waals surface area contributed by atoms with E-state index in [9.17, 15) is 0 Å². The number of aromatic nitrogens is 1. The minimum atomic E-state index is 0.789.